The molecular formula is C15H32O5Si. The maximum atomic E-state index is 10.2. The number of methoxy groups -OCH3 is 1. The van der Waals surface area contributed by atoms with Crippen LogP contribution in [0.4, 0.5) is 0 Å². The Balaban J connectivity index is 4.54. The molecule has 0 fully saturated rings. The number of rotatable bonds is 10. The summed E-state index contributed by atoms with van der Waals surface area (Å²) in [5.74, 6) is 0. The van der Waals surface area contributed by atoms with Gasteiger partial charge >= 0.3 is 0 Å². The first-order valence-corrected chi connectivity index (χ1v) is 10.2. The van der Waals surface area contributed by atoms with Crippen molar-refractivity contribution in [3.8, 4) is 0 Å². The van der Waals surface area contributed by atoms with Crippen LogP contribution in [0.2, 0.25) is 18.1 Å². The van der Waals surface area contributed by atoms with Gasteiger partial charge in [-0.05, 0) is 24.6 Å². The second-order valence-electron chi connectivity index (χ2n) is 6.77. The third-order valence-corrected chi connectivity index (χ3v) is 8.50. The summed E-state index contributed by atoms with van der Waals surface area (Å²) in [6.07, 6.45) is -0.517. The number of hydrogen-bond acceptors (Lipinski definition) is 5. The Morgan fingerprint density at radius 1 is 1.24 bits per heavy atom. The summed E-state index contributed by atoms with van der Waals surface area (Å²) < 4.78 is 16.1. The first kappa shape index (κ1) is 20.8. The molecule has 126 valence electrons. The number of hydrogen-bond donors (Lipinski definition) is 2. The molecule has 0 aliphatic rings. The van der Waals surface area contributed by atoms with Crippen molar-refractivity contribution >= 4 is 8.32 Å². The summed E-state index contributed by atoms with van der Waals surface area (Å²) in [6.45, 7) is 14.4. The number of aliphatic hydroxyl groups excluding tert-OH is 2. The Morgan fingerprint density at radius 3 is 2.24 bits per heavy atom. The van der Waals surface area contributed by atoms with Gasteiger partial charge in [-0.2, -0.15) is 0 Å². The summed E-state index contributed by atoms with van der Waals surface area (Å²) in [5, 5.41) is 20.4. The SMILES string of the molecule is C=CC[C@H](OCOC)[C@H](O)[C@@H](O)CO[Si](C)(C)C(C)(C)C. The van der Waals surface area contributed by atoms with Crippen LogP contribution in [-0.4, -0.2) is 57.4 Å². The van der Waals surface area contributed by atoms with E-state index < -0.39 is 26.6 Å². The fourth-order valence-electron chi connectivity index (χ4n) is 1.48. The Hall–Kier alpha value is -0.243. The van der Waals surface area contributed by atoms with Crippen LogP contribution in [0.5, 0.6) is 0 Å². The summed E-state index contributed by atoms with van der Waals surface area (Å²) >= 11 is 0. The molecule has 0 aliphatic heterocycles. The molecule has 0 spiro atoms. The van der Waals surface area contributed by atoms with Gasteiger partial charge in [-0.1, -0.05) is 26.8 Å². The fourth-order valence-corrected chi connectivity index (χ4v) is 2.50. The Morgan fingerprint density at radius 2 is 1.81 bits per heavy atom. The van der Waals surface area contributed by atoms with Crippen LogP contribution in [0.1, 0.15) is 27.2 Å². The summed E-state index contributed by atoms with van der Waals surface area (Å²) in [7, 11) is -0.441. The maximum Gasteiger partial charge on any atom is 0.192 e. The zero-order chi connectivity index (χ0) is 16.7. The van der Waals surface area contributed by atoms with Crippen LogP contribution in [0.3, 0.4) is 0 Å². The topological polar surface area (TPSA) is 68.2 Å². The van der Waals surface area contributed by atoms with Crippen molar-refractivity contribution in [3.05, 3.63) is 12.7 Å². The van der Waals surface area contributed by atoms with E-state index in [-0.39, 0.29) is 18.4 Å². The van der Waals surface area contributed by atoms with E-state index in [0.29, 0.717) is 6.42 Å². The molecule has 3 atom stereocenters. The van der Waals surface area contributed by atoms with Gasteiger partial charge < -0.3 is 24.1 Å². The molecule has 21 heavy (non-hydrogen) atoms. The number of ether oxygens (including phenoxy) is 2. The van der Waals surface area contributed by atoms with Gasteiger partial charge in [0.25, 0.3) is 0 Å². The second-order valence-corrected chi connectivity index (χ2v) is 11.6. The molecule has 0 bridgehead atoms. The molecule has 5 nitrogen and oxygen atoms in total. The zero-order valence-corrected chi connectivity index (χ0v) is 15.3. The van der Waals surface area contributed by atoms with Crippen molar-refractivity contribution in [1.82, 2.24) is 0 Å². The average molecular weight is 321 g/mol. The normalized spacial score (nSPS) is 17.3. The Bertz CT molecular complexity index is 301. The van der Waals surface area contributed by atoms with E-state index >= 15 is 0 Å². The molecule has 0 rings (SSSR count). The highest BCUT2D eigenvalue weighted by Gasteiger charge is 2.38. The lowest BCUT2D eigenvalue weighted by Crippen LogP contribution is -2.47. The summed E-state index contributed by atoms with van der Waals surface area (Å²) in [4.78, 5) is 0. The fraction of sp³-hybridized carbons (Fsp3) is 0.867. The van der Waals surface area contributed by atoms with Crippen molar-refractivity contribution < 1.29 is 24.1 Å². The summed E-state index contributed by atoms with van der Waals surface area (Å²) in [5.41, 5.74) is 0. The average Bonchev–Trinajstić information content (AvgIpc) is 2.38. The van der Waals surface area contributed by atoms with Crippen LogP contribution in [0.25, 0.3) is 0 Å². The first-order valence-electron chi connectivity index (χ1n) is 7.28. The Kier molecular flexibility index (Phi) is 8.92. The monoisotopic (exact) mass is 320 g/mol. The van der Waals surface area contributed by atoms with E-state index in [2.05, 4.69) is 40.4 Å². The van der Waals surface area contributed by atoms with Crippen molar-refractivity contribution in [2.45, 2.75) is 63.6 Å². The molecule has 0 saturated heterocycles. The van der Waals surface area contributed by atoms with E-state index in [1.165, 1.54) is 7.11 Å². The molecule has 0 heterocycles. The van der Waals surface area contributed by atoms with Crippen LogP contribution in [0, 0.1) is 0 Å². The quantitative estimate of drug-likeness (QED) is 0.367. The van der Waals surface area contributed by atoms with Crippen molar-refractivity contribution in [2.75, 3.05) is 20.5 Å². The van der Waals surface area contributed by atoms with E-state index in [9.17, 15) is 10.2 Å². The van der Waals surface area contributed by atoms with Gasteiger partial charge in [-0.15, -0.1) is 6.58 Å². The van der Waals surface area contributed by atoms with Gasteiger partial charge in [0.15, 0.2) is 8.32 Å². The molecule has 0 unspecified atom stereocenters. The van der Waals surface area contributed by atoms with E-state index in [1.807, 2.05) is 0 Å². The van der Waals surface area contributed by atoms with Crippen LogP contribution < -0.4 is 0 Å². The molecule has 0 amide bonds. The maximum absolute atomic E-state index is 10.2. The van der Waals surface area contributed by atoms with Gasteiger partial charge in [0.2, 0.25) is 0 Å². The molecule has 0 aromatic heterocycles. The lowest BCUT2D eigenvalue weighted by molar-refractivity contribution is -0.141. The van der Waals surface area contributed by atoms with Crippen LogP contribution in [0.15, 0.2) is 12.7 Å². The molecule has 2 N–H and O–H groups in total. The predicted molar refractivity (Wildman–Crippen MR) is 86.7 cm³/mol. The molecule has 0 aromatic carbocycles. The number of aliphatic hydroxyl groups is 2. The predicted octanol–water partition coefficient (Wildman–Crippen LogP) is 2.30. The highest BCUT2D eigenvalue weighted by atomic mass is 28.4. The van der Waals surface area contributed by atoms with Crippen LogP contribution >= 0.6 is 0 Å². The molecule has 0 aliphatic carbocycles. The van der Waals surface area contributed by atoms with Gasteiger partial charge in [0.1, 0.15) is 19.0 Å². The lowest BCUT2D eigenvalue weighted by Gasteiger charge is -2.37. The highest BCUT2D eigenvalue weighted by molar-refractivity contribution is 6.74. The minimum atomic E-state index is -1.95. The standard InChI is InChI=1S/C15H32O5Si/c1-8-9-13(19-11-18-5)14(17)12(16)10-20-21(6,7)15(2,3)4/h8,12-14,16-17H,1,9-11H2,2-7H3/t12-,13-,14+/m0/s1. The van der Waals surface area contributed by atoms with E-state index in [1.54, 1.807) is 6.08 Å². The van der Waals surface area contributed by atoms with Crippen molar-refractivity contribution in [2.24, 2.45) is 0 Å². The molecule has 0 aromatic rings. The van der Waals surface area contributed by atoms with E-state index in [0.717, 1.165) is 0 Å². The zero-order valence-electron chi connectivity index (χ0n) is 14.3. The smallest absolute Gasteiger partial charge is 0.192 e. The van der Waals surface area contributed by atoms with Crippen molar-refractivity contribution in [3.63, 3.8) is 0 Å². The van der Waals surface area contributed by atoms with Crippen molar-refractivity contribution in [1.29, 1.82) is 0 Å². The molecule has 6 heteroatoms. The summed E-state index contributed by atoms with van der Waals surface area (Å²) in [6, 6.07) is 0. The molecule has 0 saturated carbocycles. The highest BCUT2D eigenvalue weighted by Crippen LogP contribution is 2.36. The lowest BCUT2D eigenvalue weighted by atomic mass is 10.1. The minimum Gasteiger partial charge on any atom is -0.414 e. The first-order chi connectivity index (χ1) is 9.56. The second kappa shape index (κ2) is 9.02. The minimum absolute atomic E-state index is 0.0603. The largest absolute Gasteiger partial charge is 0.414 e. The van der Waals surface area contributed by atoms with Crippen LogP contribution in [-0.2, 0) is 13.9 Å². The van der Waals surface area contributed by atoms with Gasteiger partial charge in [0.05, 0.1) is 12.7 Å². The van der Waals surface area contributed by atoms with E-state index in [4.69, 9.17) is 13.9 Å². The van der Waals surface area contributed by atoms with Gasteiger partial charge in [-0.25, -0.2) is 0 Å². The third-order valence-electron chi connectivity index (χ3n) is 4.00. The van der Waals surface area contributed by atoms with Gasteiger partial charge in [-0.3, -0.25) is 0 Å². The van der Waals surface area contributed by atoms with Gasteiger partial charge in [0, 0.05) is 7.11 Å². The Labute approximate surface area is 130 Å². The third kappa shape index (κ3) is 7.04. The molecule has 0 radical (unpaired) electrons. The molecular weight excluding hydrogens is 288 g/mol.